The quantitative estimate of drug-likeness (QED) is 0.757. The van der Waals surface area contributed by atoms with E-state index in [9.17, 15) is 8.78 Å². The zero-order valence-corrected chi connectivity index (χ0v) is 11.4. The van der Waals surface area contributed by atoms with Gasteiger partial charge in [0.1, 0.15) is 11.6 Å². The molecule has 0 aliphatic carbocycles. The fourth-order valence-corrected chi connectivity index (χ4v) is 2.20. The molecular formula is C15H9ClF2N2O. The van der Waals surface area contributed by atoms with Crippen LogP contribution < -0.4 is 5.73 Å². The zero-order valence-electron chi connectivity index (χ0n) is 10.6. The summed E-state index contributed by atoms with van der Waals surface area (Å²) in [6, 6.07) is 9.89. The first-order valence-corrected chi connectivity index (χ1v) is 6.40. The van der Waals surface area contributed by atoms with Crippen LogP contribution in [0.15, 0.2) is 47.0 Å². The second kappa shape index (κ2) is 5.18. The van der Waals surface area contributed by atoms with Crippen LogP contribution in [0.2, 0.25) is 5.02 Å². The van der Waals surface area contributed by atoms with Crippen LogP contribution in [-0.2, 0) is 0 Å². The van der Waals surface area contributed by atoms with Crippen LogP contribution in [0.3, 0.4) is 0 Å². The Bertz CT molecular complexity index is 780. The Morgan fingerprint density at radius 2 is 1.57 bits per heavy atom. The van der Waals surface area contributed by atoms with Gasteiger partial charge in [-0.05, 0) is 42.0 Å². The fourth-order valence-electron chi connectivity index (χ4n) is 2.08. The van der Waals surface area contributed by atoms with Gasteiger partial charge in [-0.25, -0.2) is 8.78 Å². The van der Waals surface area contributed by atoms with Crippen LogP contribution in [0.25, 0.3) is 22.5 Å². The minimum atomic E-state index is -0.701. The summed E-state index contributed by atoms with van der Waals surface area (Å²) < 4.78 is 32.0. The number of nitrogens with zero attached hydrogens (tertiary/aromatic N) is 1. The first kappa shape index (κ1) is 13.6. The average Bonchev–Trinajstić information content (AvgIpc) is 2.80. The summed E-state index contributed by atoms with van der Waals surface area (Å²) in [5, 5.41) is 4.24. The van der Waals surface area contributed by atoms with Gasteiger partial charge in [0, 0.05) is 16.7 Å². The monoisotopic (exact) mass is 306 g/mol. The number of nitrogens with two attached hydrogens (primary N) is 1. The molecule has 0 saturated heterocycles. The molecule has 2 aromatic carbocycles. The third-order valence-corrected chi connectivity index (χ3v) is 3.23. The summed E-state index contributed by atoms with van der Waals surface area (Å²) in [5.74, 6) is -1.01. The van der Waals surface area contributed by atoms with Crippen molar-refractivity contribution in [3.05, 3.63) is 59.1 Å². The molecule has 2 N–H and O–H groups in total. The Labute approximate surface area is 123 Å². The Morgan fingerprint density at radius 1 is 0.952 bits per heavy atom. The van der Waals surface area contributed by atoms with Gasteiger partial charge in [0.25, 0.3) is 0 Å². The topological polar surface area (TPSA) is 52.0 Å². The first-order chi connectivity index (χ1) is 10.0. The Kier molecular flexibility index (Phi) is 3.35. The largest absolute Gasteiger partial charge is 0.380 e. The summed E-state index contributed by atoms with van der Waals surface area (Å²) in [7, 11) is 0. The maximum atomic E-state index is 13.4. The summed E-state index contributed by atoms with van der Waals surface area (Å²) in [4.78, 5) is 0. The fraction of sp³-hybridized carbons (Fsp3) is 0. The summed E-state index contributed by atoms with van der Waals surface area (Å²) in [6.07, 6.45) is 0. The van der Waals surface area contributed by atoms with Gasteiger partial charge in [-0.1, -0.05) is 16.8 Å². The van der Waals surface area contributed by atoms with Crippen molar-refractivity contribution in [3.8, 4) is 22.5 Å². The van der Waals surface area contributed by atoms with Crippen molar-refractivity contribution >= 4 is 17.4 Å². The molecule has 0 spiro atoms. The molecule has 21 heavy (non-hydrogen) atoms. The van der Waals surface area contributed by atoms with Gasteiger partial charge in [0.05, 0.1) is 5.56 Å². The molecule has 0 saturated carbocycles. The smallest absolute Gasteiger partial charge is 0.176 e. The van der Waals surface area contributed by atoms with Gasteiger partial charge < -0.3 is 10.3 Å². The number of hydrogen-bond acceptors (Lipinski definition) is 3. The predicted molar refractivity (Wildman–Crippen MR) is 76.7 cm³/mol. The third kappa shape index (κ3) is 2.60. The van der Waals surface area contributed by atoms with E-state index in [-0.39, 0.29) is 11.4 Å². The Morgan fingerprint density at radius 3 is 2.19 bits per heavy atom. The lowest BCUT2D eigenvalue weighted by Gasteiger charge is -2.04. The van der Waals surface area contributed by atoms with Crippen molar-refractivity contribution in [1.29, 1.82) is 0 Å². The highest BCUT2D eigenvalue weighted by Gasteiger charge is 2.19. The molecule has 0 unspecified atom stereocenters. The molecule has 3 nitrogen and oxygen atoms in total. The lowest BCUT2D eigenvalue weighted by Crippen LogP contribution is -1.91. The minimum Gasteiger partial charge on any atom is -0.380 e. The van der Waals surface area contributed by atoms with E-state index >= 15 is 0 Å². The standard InChI is InChI=1S/C15H9ClF2N2O/c16-10-3-1-8(2-4-10)14-13(15(19)20-21-14)9-5-11(17)7-12(18)6-9/h1-7H,(H2,19,20). The highest BCUT2D eigenvalue weighted by atomic mass is 35.5. The molecule has 0 fully saturated rings. The molecule has 0 amide bonds. The van der Waals surface area contributed by atoms with Gasteiger partial charge in [0.15, 0.2) is 11.6 Å². The molecule has 0 aliphatic heterocycles. The maximum Gasteiger partial charge on any atom is 0.176 e. The molecule has 3 rings (SSSR count). The van der Waals surface area contributed by atoms with E-state index in [0.29, 0.717) is 21.9 Å². The number of aromatic nitrogens is 1. The van der Waals surface area contributed by atoms with E-state index in [1.165, 1.54) is 12.1 Å². The van der Waals surface area contributed by atoms with Gasteiger partial charge in [0.2, 0.25) is 0 Å². The van der Waals surface area contributed by atoms with Gasteiger partial charge in [-0.2, -0.15) is 0 Å². The number of halogens is 3. The van der Waals surface area contributed by atoms with Crippen molar-refractivity contribution in [2.75, 3.05) is 5.73 Å². The Balaban J connectivity index is 2.19. The molecule has 0 bridgehead atoms. The number of rotatable bonds is 2. The maximum absolute atomic E-state index is 13.4. The summed E-state index contributed by atoms with van der Waals surface area (Å²) in [5.41, 5.74) is 7.02. The highest BCUT2D eigenvalue weighted by molar-refractivity contribution is 6.30. The highest BCUT2D eigenvalue weighted by Crippen LogP contribution is 2.37. The van der Waals surface area contributed by atoms with Crippen molar-refractivity contribution < 1.29 is 13.3 Å². The molecule has 106 valence electrons. The lowest BCUT2D eigenvalue weighted by molar-refractivity contribution is 0.436. The second-order valence-electron chi connectivity index (χ2n) is 4.44. The van der Waals surface area contributed by atoms with E-state index in [4.69, 9.17) is 21.9 Å². The number of nitrogen functional groups attached to an aromatic ring is 1. The number of anilines is 1. The second-order valence-corrected chi connectivity index (χ2v) is 4.87. The van der Waals surface area contributed by atoms with E-state index in [0.717, 1.165) is 6.07 Å². The number of benzene rings is 2. The normalized spacial score (nSPS) is 10.8. The molecule has 0 atom stereocenters. The van der Waals surface area contributed by atoms with Crippen LogP contribution in [0, 0.1) is 11.6 Å². The number of hydrogen-bond donors (Lipinski definition) is 1. The van der Waals surface area contributed by atoms with E-state index in [2.05, 4.69) is 5.16 Å². The SMILES string of the molecule is Nc1noc(-c2ccc(Cl)cc2)c1-c1cc(F)cc(F)c1. The Hall–Kier alpha value is -2.40. The van der Waals surface area contributed by atoms with Gasteiger partial charge >= 0.3 is 0 Å². The van der Waals surface area contributed by atoms with Crippen LogP contribution in [0.5, 0.6) is 0 Å². The van der Waals surface area contributed by atoms with Gasteiger partial charge in [-0.3, -0.25) is 0 Å². The van der Waals surface area contributed by atoms with Crippen molar-refractivity contribution in [3.63, 3.8) is 0 Å². The van der Waals surface area contributed by atoms with Crippen LogP contribution >= 0.6 is 11.6 Å². The van der Waals surface area contributed by atoms with E-state index in [1.807, 2.05) is 0 Å². The lowest BCUT2D eigenvalue weighted by atomic mass is 10.0. The zero-order chi connectivity index (χ0) is 15.0. The molecule has 1 heterocycles. The average molecular weight is 307 g/mol. The molecule has 1 aromatic heterocycles. The van der Waals surface area contributed by atoms with Crippen molar-refractivity contribution in [2.24, 2.45) is 0 Å². The van der Waals surface area contributed by atoms with Crippen molar-refractivity contribution in [1.82, 2.24) is 5.16 Å². The van der Waals surface area contributed by atoms with Crippen molar-refractivity contribution in [2.45, 2.75) is 0 Å². The summed E-state index contributed by atoms with van der Waals surface area (Å²) >= 11 is 5.83. The molecule has 3 aromatic rings. The molecular weight excluding hydrogens is 298 g/mol. The van der Waals surface area contributed by atoms with E-state index in [1.54, 1.807) is 24.3 Å². The van der Waals surface area contributed by atoms with E-state index < -0.39 is 11.6 Å². The van der Waals surface area contributed by atoms with Crippen LogP contribution in [0.4, 0.5) is 14.6 Å². The third-order valence-electron chi connectivity index (χ3n) is 2.98. The first-order valence-electron chi connectivity index (χ1n) is 6.02. The molecule has 0 aliphatic rings. The molecule has 0 radical (unpaired) electrons. The van der Waals surface area contributed by atoms with Gasteiger partial charge in [-0.15, -0.1) is 0 Å². The summed E-state index contributed by atoms with van der Waals surface area (Å²) in [6.45, 7) is 0. The minimum absolute atomic E-state index is 0.0601. The predicted octanol–water partition coefficient (Wildman–Crippen LogP) is 4.52. The van der Waals surface area contributed by atoms with Crippen LogP contribution in [-0.4, -0.2) is 5.16 Å². The molecule has 6 heteroatoms. The van der Waals surface area contributed by atoms with Crippen LogP contribution in [0.1, 0.15) is 0 Å².